The van der Waals surface area contributed by atoms with Crippen LogP contribution in [0, 0.1) is 0 Å². The van der Waals surface area contributed by atoms with Crippen molar-refractivity contribution in [2.75, 3.05) is 27.0 Å². The van der Waals surface area contributed by atoms with Gasteiger partial charge in [-0.2, -0.15) is 0 Å². The molecule has 0 N–H and O–H groups in total. The van der Waals surface area contributed by atoms with Crippen LogP contribution < -0.4 is 4.74 Å². The van der Waals surface area contributed by atoms with Gasteiger partial charge in [0.15, 0.2) is 11.0 Å². The molecule has 0 saturated carbocycles. The Bertz CT molecular complexity index is 944. The lowest BCUT2D eigenvalue weighted by molar-refractivity contribution is -0.125. The van der Waals surface area contributed by atoms with E-state index in [-0.39, 0.29) is 11.7 Å². The van der Waals surface area contributed by atoms with Crippen LogP contribution in [-0.4, -0.2) is 52.5 Å². The third-order valence-corrected chi connectivity index (χ3v) is 5.09. The highest BCUT2D eigenvalue weighted by molar-refractivity contribution is 7.99. The van der Waals surface area contributed by atoms with Crippen molar-refractivity contribution in [1.82, 2.24) is 19.7 Å². The molecule has 0 aliphatic rings. The van der Waals surface area contributed by atoms with Gasteiger partial charge < -0.3 is 9.64 Å². The zero-order valence-corrected chi connectivity index (χ0v) is 16.8. The Hall–Kier alpha value is -2.51. The molecule has 0 radical (unpaired) electrons. The molecule has 27 heavy (non-hydrogen) atoms. The lowest BCUT2D eigenvalue weighted by Crippen LogP contribution is -2.23. The van der Waals surface area contributed by atoms with E-state index in [1.54, 1.807) is 38.2 Å². The summed E-state index contributed by atoms with van der Waals surface area (Å²) in [5.41, 5.74) is 1.71. The van der Waals surface area contributed by atoms with Gasteiger partial charge >= 0.3 is 0 Å². The minimum atomic E-state index is 0.00331. The summed E-state index contributed by atoms with van der Waals surface area (Å²) in [6, 6.07) is 15.2. The van der Waals surface area contributed by atoms with Gasteiger partial charge in [-0.1, -0.05) is 53.7 Å². The Labute approximate surface area is 167 Å². The van der Waals surface area contributed by atoms with Gasteiger partial charge in [-0.15, -0.1) is 10.2 Å². The molecule has 1 heterocycles. The van der Waals surface area contributed by atoms with Crippen molar-refractivity contribution >= 4 is 29.3 Å². The van der Waals surface area contributed by atoms with E-state index in [4.69, 9.17) is 16.3 Å². The van der Waals surface area contributed by atoms with Crippen LogP contribution in [0.3, 0.4) is 0 Å². The molecule has 2 aromatic carbocycles. The number of carbonyl (C=O) groups is 1. The molecule has 3 rings (SSSR count). The number of aromatic nitrogens is 3. The minimum Gasteiger partial charge on any atom is -0.495 e. The Morgan fingerprint density at radius 3 is 2.56 bits per heavy atom. The quantitative estimate of drug-likeness (QED) is 0.587. The van der Waals surface area contributed by atoms with Crippen molar-refractivity contribution in [2.24, 2.45) is 0 Å². The highest BCUT2D eigenvalue weighted by atomic mass is 35.5. The second-order valence-corrected chi connectivity index (χ2v) is 7.25. The molecule has 1 amide bonds. The van der Waals surface area contributed by atoms with Crippen LogP contribution in [0.5, 0.6) is 5.75 Å². The summed E-state index contributed by atoms with van der Waals surface area (Å²) >= 11 is 7.65. The van der Waals surface area contributed by atoms with Crippen molar-refractivity contribution < 1.29 is 9.53 Å². The first kappa shape index (κ1) is 19.3. The Morgan fingerprint density at radius 1 is 1.19 bits per heavy atom. The zero-order chi connectivity index (χ0) is 19.4. The molecule has 1 aromatic heterocycles. The van der Waals surface area contributed by atoms with Crippen molar-refractivity contribution in [1.29, 1.82) is 0 Å². The molecule has 0 unspecified atom stereocenters. The topological polar surface area (TPSA) is 60.2 Å². The Balaban J connectivity index is 2.06. The van der Waals surface area contributed by atoms with E-state index >= 15 is 0 Å². The van der Waals surface area contributed by atoms with Gasteiger partial charge in [0.05, 0.1) is 23.6 Å². The fourth-order valence-electron chi connectivity index (χ4n) is 2.42. The fourth-order valence-corrected chi connectivity index (χ4v) is 3.60. The molecule has 0 atom stereocenters. The number of rotatable bonds is 6. The molecule has 8 heteroatoms. The molecule has 3 aromatic rings. The average Bonchev–Trinajstić information content (AvgIpc) is 3.10. The SMILES string of the molecule is COc1ccc(-n2c(SCC(=O)N(C)C)nnc2-c2ccccc2)cc1Cl. The number of nitrogens with zero attached hydrogens (tertiary/aromatic N) is 4. The molecule has 0 fully saturated rings. The fraction of sp³-hybridized carbons (Fsp3) is 0.211. The number of hydrogen-bond acceptors (Lipinski definition) is 5. The van der Waals surface area contributed by atoms with Crippen molar-refractivity contribution in [2.45, 2.75) is 5.16 Å². The van der Waals surface area contributed by atoms with Crippen LogP contribution in [0.1, 0.15) is 0 Å². The Morgan fingerprint density at radius 2 is 1.93 bits per heavy atom. The number of hydrogen-bond donors (Lipinski definition) is 0. The predicted octanol–water partition coefficient (Wildman–Crippen LogP) is 3.78. The molecule has 6 nitrogen and oxygen atoms in total. The predicted molar refractivity (Wildman–Crippen MR) is 108 cm³/mol. The Kier molecular flexibility index (Phi) is 6.03. The summed E-state index contributed by atoms with van der Waals surface area (Å²) in [6.45, 7) is 0. The molecule has 0 aliphatic heterocycles. The third-order valence-electron chi connectivity index (χ3n) is 3.88. The lowest BCUT2D eigenvalue weighted by atomic mass is 10.2. The van der Waals surface area contributed by atoms with Gasteiger partial charge in [-0.25, -0.2) is 0 Å². The molecular weight excluding hydrogens is 384 g/mol. The van der Waals surface area contributed by atoms with Crippen molar-refractivity contribution in [3.8, 4) is 22.8 Å². The van der Waals surface area contributed by atoms with E-state index in [1.807, 2.05) is 41.0 Å². The summed E-state index contributed by atoms with van der Waals surface area (Å²) in [5.74, 6) is 1.54. The van der Waals surface area contributed by atoms with Crippen molar-refractivity contribution in [3.63, 3.8) is 0 Å². The van der Waals surface area contributed by atoms with Crippen LogP contribution >= 0.6 is 23.4 Å². The molecule has 140 valence electrons. The maximum absolute atomic E-state index is 12.0. The van der Waals surface area contributed by atoms with Gasteiger partial charge in [0.1, 0.15) is 5.75 Å². The van der Waals surface area contributed by atoms with E-state index in [1.165, 1.54) is 11.8 Å². The number of thioether (sulfide) groups is 1. The van der Waals surface area contributed by atoms with E-state index in [0.29, 0.717) is 21.8 Å². The van der Waals surface area contributed by atoms with Gasteiger partial charge in [0.25, 0.3) is 0 Å². The number of methoxy groups -OCH3 is 1. The summed E-state index contributed by atoms with van der Waals surface area (Å²) in [4.78, 5) is 13.5. The monoisotopic (exact) mass is 402 g/mol. The number of halogens is 1. The lowest BCUT2D eigenvalue weighted by Gasteiger charge is -2.13. The average molecular weight is 403 g/mol. The maximum Gasteiger partial charge on any atom is 0.232 e. The zero-order valence-electron chi connectivity index (χ0n) is 15.2. The third kappa shape index (κ3) is 4.26. The first-order valence-corrected chi connectivity index (χ1v) is 9.55. The van der Waals surface area contributed by atoms with Crippen LogP contribution in [-0.2, 0) is 4.79 Å². The van der Waals surface area contributed by atoms with E-state index in [0.717, 1.165) is 11.3 Å². The minimum absolute atomic E-state index is 0.00331. The first-order chi connectivity index (χ1) is 13.0. The maximum atomic E-state index is 12.0. The molecule has 0 bridgehead atoms. The van der Waals surface area contributed by atoms with Gasteiger partial charge in [-0.3, -0.25) is 9.36 Å². The van der Waals surface area contributed by atoms with Gasteiger partial charge in [0, 0.05) is 19.7 Å². The highest BCUT2D eigenvalue weighted by Gasteiger charge is 2.18. The van der Waals surface area contributed by atoms with E-state index in [2.05, 4.69) is 10.2 Å². The summed E-state index contributed by atoms with van der Waals surface area (Å²) in [6.07, 6.45) is 0. The van der Waals surface area contributed by atoms with E-state index < -0.39 is 0 Å². The second kappa shape index (κ2) is 8.45. The number of amides is 1. The smallest absolute Gasteiger partial charge is 0.232 e. The largest absolute Gasteiger partial charge is 0.495 e. The van der Waals surface area contributed by atoms with Crippen LogP contribution in [0.4, 0.5) is 0 Å². The van der Waals surface area contributed by atoms with Gasteiger partial charge in [-0.05, 0) is 18.2 Å². The van der Waals surface area contributed by atoms with Crippen LogP contribution in [0.15, 0.2) is 53.7 Å². The number of ether oxygens (including phenoxy) is 1. The molecular formula is C19H19ClN4O2S. The molecule has 0 saturated heterocycles. The van der Waals surface area contributed by atoms with Gasteiger partial charge in [0.2, 0.25) is 5.91 Å². The summed E-state index contributed by atoms with van der Waals surface area (Å²) < 4.78 is 7.14. The second-order valence-electron chi connectivity index (χ2n) is 5.90. The normalized spacial score (nSPS) is 10.7. The van der Waals surface area contributed by atoms with E-state index in [9.17, 15) is 4.79 Å². The number of carbonyl (C=O) groups excluding carboxylic acids is 1. The summed E-state index contributed by atoms with van der Waals surface area (Å²) in [5, 5.41) is 9.76. The highest BCUT2D eigenvalue weighted by Crippen LogP contribution is 2.32. The van der Waals surface area contributed by atoms with Crippen LogP contribution in [0.25, 0.3) is 17.1 Å². The first-order valence-electron chi connectivity index (χ1n) is 8.19. The molecule has 0 spiro atoms. The summed E-state index contributed by atoms with van der Waals surface area (Å²) in [7, 11) is 5.03. The number of benzene rings is 2. The van der Waals surface area contributed by atoms with Crippen LogP contribution in [0.2, 0.25) is 5.02 Å². The van der Waals surface area contributed by atoms with Crippen molar-refractivity contribution in [3.05, 3.63) is 53.6 Å². The molecule has 0 aliphatic carbocycles. The standard InChI is InChI=1S/C19H19ClN4O2S/c1-23(2)17(25)12-27-19-22-21-18(13-7-5-4-6-8-13)24(19)14-9-10-16(26-3)15(20)11-14/h4-11H,12H2,1-3H3.